The molecule has 0 aromatic carbocycles. The fourth-order valence-electron chi connectivity index (χ4n) is 4.35. The van der Waals surface area contributed by atoms with Crippen LogP contribution >= 0.6 is 0 Å². The van der Waals surface area contributed by atoms with Crippen LogP contribution in [0.4, 0.5) is 0 Å². The summed E-state index contributed by atoms with van der Waals surface area (Å²) in [6, 6.07) is 0. The van der Waals surface area contributed by atoms with Gasteiger partial charge in [-0.25, -0.2) is 0 Å². The van der Waals surface area contributed by atoms with Crippen LogP contribution in [0.3, 0.4) is 0 Å². The topological polar surface area (TPSA) is 105 Å². The molecule has 0 saturated heterocycles. The lowest BCUT2D eigenvalue weighted by atomic mass is 9.77. The van der Waals surface area contributed by atoms with Gasteiger partial charge in [0.2, 0.25) is 0 Å². The number of carbonyl (C=O) groups excluding carboxylic acids is 4. The van der Waals surface area contributed by atoms with E-state index in [2.05, 4.69) is 0 Å². The predicted molar refractivity (Wildman–Crippen MR) is 143 cm³/mol. The van der Waals surface area contributed by atoms with Crippen LogP contribution in [0.5, 0.6) is 0 Å². The smallest absolute Gasteiger partial charge is 0.323 e. The van der Waals surface area contributed by atoms with E-state index in [1.54, 1.807) is 27.7 Å². The summed E-state index contributed by atoms with van der Waals surface area (Å²) in [6.45, 7) is 15.6. The molecule has 0 fully saturated rings. The van der Waals surface area contributed by atoms with E-state index < -0.39 is 28.2 Å². The van der Waals surface area contributed by atoms with Crippen LogP contribution in [0.2, 0.25) is 0 Å². The van der Waals surface area contributed by atoms with Crippen LogP contribution in [0.25, 0.3) is 0 Å². The number of hydrogen-bond donors (Lipinski definition) is 0. The molecule has 0 aliphatic carbocycles. The Labute approximate surface area is 224 Å². The number of rotatable bonds is 20. The number of esters is 4. The molecule has 0 aliphatic heterocycles. The molecule has 0 radical (unpaired) electrons. The normalized spacial score (nSPS) is 12.1. The van der Waals surface area contributed by atoms with Crippen molar-refractivity contribution in [2.45, 2.75) is 120 Å². The molecule has 0 aromatic heterocycles. The molecule has 37 heavy (non-hydrogen) atoms. The molecule has 0 saturated carbocycles. The van der Waals surface area contributed by atoms with Gasteiger partial charge in [0.15, 0.2) is 5.41 Å². The molecule has 0 aromatic rings. The molecular formula is C29H52O8. The van der Waals surface area contributed by atoms with Gasteiger partial charge in [0.05, 0.1) is 37.3 Å². The third-order valence-electron chi connectivity index (χ3n) is 6.80. The summed E-state index contributed by atoms with van der Waals surface area (Å²) in [5, 5.41) is 0. The monoisotopic (exact) mass is 528 g/mol. The highest BCUT2D eigenvalue weighted by Gasteiger charge is 2.47. The molecule has 8 heteroatoms. The van der Waals surface area contributed by atoms with Crippen molar-refractivity contribution in [3.05, 3.63) is 0 Å². The number of hydrogen-bond acceptors (Lipinski definition) is 8. The summed E-state index contributed by atoms with van der Waals surface area (Å²) in [5.74, 6) is -1.50. The van der Waals surface area contributed by atoms with E-state index in [1.807, 2.05) is 27.7 Å². The van der Waals surface area contributed by atoms with Crippen molar-refractivity contribution in [3.8, 4) is 0 Å². The minimum atomic E-state index is -1.35. The Morgan fingerprint density at radius 3 is 1.00 bits per heavy atom. The number of carbonyl (C=O) groups is 4. The molecule has 216 valence electrons. The molecule has 0 spiro atoms. The molecule has 0 N–H and O–H groups in total. The van der Waals surface area contributed by atoms with E-state index in [4.69, 9.17) is 18.9 Å². The van der Waals surface area contributed by atoms with Crippen molar-refractivity contribution in [3.63, 3.8) is 0 Å². The first-order chi connectivity index (χ1) is 17.3. The summed E-state index contributed by atoms with van der Waals surface area (Å²) >= 11 is 0. The highest BCUT2D eigenvalue weighted by Crippen LogP contribution is 2.36. The average molecular weight is 529 g/mol. The van der Waals surface area contributed by atoms with Crippen molar-refractivity contribution in [1.82, 2.24) is 0 Å². The Kier molecular flexibility index (Phi) is 16.4. The molecule has 0 aliphatic rings. The number of unbranched alkanes of at least 4 members (excludes halogenated alkanes) is 4. The molecule has 0 bridgehead atoms. The summed E-state index contributed by atoms with van der Waals surface area (Å²) in [4.78, 5) is 50.5. The van der Waals surface area contributed by atoms with Gasteiger partial charge in [-0.05, 0) is 81.1 Å². The molecule has 0 heterocycles. The minimum Gasteiger partial charge on any atom is -0.466 e. The Morgan fingerprint density at radius 1 is 0.432 bits per heavy atom. The zero-order valence-electron chi connectivity index (χ0n) is 24.7. The van der Waals surface area contributed by atoms with E-state index in [0.717, 1.165) is 25.7 Å². The maximum atomic E-state index is 13.1. The van der Waals surface area contributed by atoms with Crippen molar-refractivity contribution in [1.29, 1.82) is 0 Å². The van der Waals surface area contributed by atoms with Gasteiger partial charge in [0, 0.05) is 0 Å². The first-order valence-corrected chi connectivity index (χ1v) is 14.0. The van der Waals surface area contributed by atoms with Gasteiger partial charge in [-0.15, -0.1) is 0 Å². The van der Waals surface area contributed by atoms with E-state index in [-0.39, 0.29) is 25.2 Å². The zero-order chi connectivity index (χ0) is 28.5. The van der Waals surface area contributed by atoms with Gasteiger partial charge < -0.3 is 18.9 Å². The maximum Gasteiger partial charge on any atom is 0.323 e. The van der Waals surface area contributed by atoms with Gasteiger partial charge in [-0.3, -0.25) is 19.2 Å². The van der Waals surface area contributed by atoms with Crippen molar-refractivity contribution >= 4 is 23.9 Å². The van der Waals surface area contributed by atoms with Crippen LogP contribution in [0.15, 0.2) is 0 Å². The predicted octanol–water partition coefficient (Wildman–Crippen LogP) is 6.18. The lowest BCUT2D eigenvalue weighted by Gasteiger charge is -2.30. The highest BCUT2D eigenvalue weighted by atomic mass is 16.6. The van der Waals surface area contributed by atoms with E-state index in [9.17, 15) is 19.2 Å². The Morgan fingerprint density at radius 2 is 0.703 bits per heavy atom. The third-order valence-corrected chi connectivity index (χ3v) is 6.80. The molecule has 0 atom stereocenters. The van der Waals surface area contributed by atoms with Gasteiger partial charge in [-0.2, -0.15) is 0 Å². The SMILES string of the molecule is CCOC(=O)C(C)(C)CCCCCC(CCCCCC(C)(C)C(=O)OCC)(C(=O)OCC)C(=O)OCC. The first kappa shape index (κ1) is 34.9. The highest BCUT2D eigenvalue weighted by molar-refractivity contribution is 6.00. The molecule has 8 nitrogen and oxygen atoms in total. The third kappa shape index (κ3) is 11.9. The van der Waals surface area contributed by atoms with Crippen LogP contribution < -0.4 is 0 Å². The maximum absolute atomic E-state index is 13.1. The summed E-state index contributed by atoms with van der Waals surface area (Å²) in [6.07, 6.45) is 6.32. The second-order valence-corrected chi connectivity index (χ2v) is 10.9. The van der Waals surface area contributed by atoms with Gasteiger partial charge in [0.25, 0.3) is 0 Å². The second-order valence-electron chi connectivity index (χ2n) is 10.9. The minimum absolute atomic E-state index is 0.182. The van der Waals surface area contributed by atoms with Crippen LogP contribution in [0, 0.1) is 16.2 Å². The van der Waals surface area contributed by atoms with Gasteiger partial charge in [0.1, 0.15) is 0 Å². The van der Waals surface area contributed by atoms with Crippen molar-refractivity contribution < 1.29 is 38.1 Å². The van der Waals surface area contributed by atoms with E-state index >= 15 is 0 Å². The summed E-state index contributed by atoms with van der Waals surface area (Å²) in [7, 11) is 0. The van der Waals surface area contributed by atoms with Gasteiger partial charge >= 0.3 is 23.9 Å². The lowest BCUT2D eigenvalue weighted by Crippen LogP contribution is -2.42. The van der Waals surface area contributed by atoms with Crippen LogP contribution in [-0.2, 0) is 38.1 Å². The van der Waals surface area contributed by atoms with Crippen LogP contribution in [0.1, 0.15) is 120 Å². The zero-order valence-corrected chi connectivity index (χ0v) is 24.7. The average Bonchev–Trinajstić information content (AvgIpc) is 2.82. The lowest BCUT2D eigenvalue weighted by molar-refractivity contribution is -0.173. The molecule has 0 amide bonds. The Hall–Kier alpha value is -2.12. The molecule has 0 rings (SSSR count). The second kappa shape index (κ2) is 17.4. The summed E-state index contributed by atoms with van der Waals surface area (Å²) < 4.78 is 21.0. The largest absolute Gasteiger partial charge is 0.466 e. The Bertz CT molecular complexity index is 651. The summed E-state index contributed by atoms with van der Waals surface area (Å²) in [5.41, 5.74) is -2.50. The fourth-order valence-corrected chi connectivity index (χ4v) is 4.35. The van der Waals surface area contributed by atoms with Gasteiger partial charge in [-0.1, -0.05) is 38.5 Å². The standard InChI is InChI=1S/C29H52O8/c1-9-34-23(30)27(5,6)19-15-13-17-21-29(25(32)36-11-3,26(33)37-12-4)22-18-14-16-20-28(7,8)24(31)35-10-2/h9-22H2,1-8H3. The fraction of sp³-hybridized carbons (Fsp3) is 0.862. The number of ether oxygens (including phenoxy) is 4. The molecular weight excluding hydrogens is 476 g/mol. The molecule has 0 unspecified atom stereocenters. The van der Waals surface area contributed by atoms with Crippen molar-refractivity contribution in [2.75, 3.05) is 26.4 Å². The Balaban J connectivity index is 5.22. The van der Waals surface area contributed by atoms with Crippen molar-refractivity contribution in [2.24, 2.45) is 16.2 Å². The van der Waals surface area contributed by atoms with Crippen LogP contribution in [-0.4, -0.2) is 50.3 Å². The van der Waals surface area contributed by atoms with E-state index in [0.29, 0.717) is 51.7 Å². The van der Waals surface area contributed by atoms with E-state index in [1.165, 1.54) is 0 Å². The quantitative estimate of drug-likeness (QED) is 0.0798. The first-order valence-electron chi connectivity index (χ1n) is 14.0.